The first-order chi connectivity index (χ1) is 27.7. The number of hydrogen-bond acceptors (Lipinski definition) is 3. The Kier molecular flexibility index (Phi) is 9.55. The first-order valence-electron chi connectivity index (χ1n) is 19.0. The Morgan fingerprint density at radius 1 is 0.446 bits per heavy atom. The fourth-order valence-electron chi connectivity index (χ4n) is 7.47. The molecule has 1 aromatic heterocycles. The van der Waals surface area contributed by atoms with Crippen molar-refractivity contribution < 1.29 is 0 Å². The van der Waals surface area contributed by atoms with Crippen molar-refractivity contribution in [3.63, 3.8) is 0 Å². The summed E-state index contributed by atoms with van der Waals surface area (Å²) in [6.07, 6.45) is 1.83. The maximum atomic E-state index is 6.73. The molecule has 0 aliphatic rings. The number of hydrogen-bond donors (Lipinski definition) is 1. The van der Waals surface area contributed by atoms with Crippen LogP contribution in [0.3, 0.4) is 0 Å². The van der Waals surface area contributed by atoms with Gasteiger partial charge < -0.3 is 5.73 Å². The summed E-state index contributed by atoms with van der Waals surface area (Å²) >= 11 is 0. The van der Waals surface area contributed by atoms with Crippen molar-refractivity contribution in [3.05, 3.63) is 229 Å². The Labute approximate surface area is 328 Å². The van der Waals surface area contributed by atoms with Crippen molar-refractivity contribution in [1.29, 1.82) is 0 Å². The Balaban J connectivity index is 1.13. The maximum Gasteiger partial charge on any atom is 0.0743 e. The second-order valence-electron chi connectivity index (χ2n) is 14.0. The van der Waals surface area contributed by atoms with E-state index in [4.69, 9.17) is 10.7 Å². The molecule has 266 valence electrons. The van der Waals surface area contributed by atoms with Crippen molar-refractivity contribution in [3.8, 4) is 55.8 Å². The van der Waals surface area contributed by atoms with E-state index in [-0.39, 0.29) is 0 Å². The first-order valence-corrected chi connectivity index (χ1v) is 19.0. The zero-order chi connectivity index (χ0) is 37.7. The summed E-state index contributed by atoms with van der Waals surface area (Å²) in [5.74, 6) is 0. The third kappa shape index (κ3) is 7.26. The third-order valence-corrected chi connectivity index (χ3v) is 10.4. The highest BCUT2D eigenvalue weighted by atomic mass is 14.7. The molecule has 0 saturated heterocycles. The number of aliphatic imine (C=N–C) groups is 1. The topological polar surface area (TPSA) is 51.3 Å². The molecule has 1 heterocycles. The largest absolute Gasteiger partial charge is 0.398 e. The molecule has 56 heavy (non-hydrogen) atoms. The summed E-state index contributed by atoms with van der Waals surface area (Å²) in [5, 5.41) is 2.49. The van der Waals surface area contributed by atoms with E-state index in [0.29, 0.717) is 12.2 Å². The lowest BCUT2D eigenvalue weighted by atomic mass is 9.93. The molecule has 9 rings (SSSR count). The summed E-state index contributed by atoms with van der Waals surface area (Å²) in [5.41, 5.74) is 22.6. The second-order valence-corrected chi connectivity index (χ2v) is 14.0. The van der Waals surface area contributed by atoms with Crippen LogP contribution in [0.5, 0.6) is 0 Å². The molecular weight excluding hydrogens is 679 g/mol. The predicted molar refractivity (Wildman–Crippen MR) is 236 cm³/mol. The van der Waals surface area contributed by atoms with Crippen LogP contribution in [0.15, 0.2) is 217 Å². The molecule has 0 aliphatic heterocycles. The molecule has 9 aromatic rings. The zero-order valence-electron chi connectivity index (χ0n) is 30.9. The molecule has 3 nitrogen and oxygen atoms in total. The number of aromatic nitrogens is 1. The van der Waals surface area contributed by atoms with E-state index in [1.54, 1.807) is 0 Å². The van der Waals surface area contributed by atoms with Gasteiger partial charge in [-0.25, -0.2) is 0 Å². The maximum absolute atomic E-state index is 6.73. The van der Waals surface area contributed by atoms with Gasteiger partial charge in [0.1, 0.15) is 0 Å². The summed E-state index contributed by atoms with van der Waals surface area (Å²) < 4.78 is 0. The van der Waals surface area contributed by atoms with E-state index in [9.17, 15) is 0 Å². The van der Waals surface area contributed by atoms with Crippen LogP contribution >= 0.6 is 0 Å². The molecule has 8 aromatic carbocycles. The highest BCUT2D eigenvalue weighted by Crippen LogP contribution is 2.34. The quantitative estimate of drug-likeness (QED) is 0.119. The van der Waals surface area contributed by atoms with Gasteiger partial charge in [-0.2, -0.15) is 0 Å². The molecule has 0 fully saturated rings. The van der Waals surface area contributed by atoms with Gasteiger partial charge in [0.05, 0.1) is 18.0 Å². The minimum absolute atomic E-state index is 0.472. The van der Waals surface area contributed by atoms with Crippen LogP contribution in [0.2, 0.25) is 0 Å². The first kappa shape index (κ1) is 34.4. The molecule has 0 saturated carbocycles. The van der Waals surface area contributed by atoms with Gasteiger partial charge in [-0.3, -0.25) is 9.98 Å². The molecule has 0 unspecified atom stereocenters. The van der Waals surface area contributed by atoms with Gasteiger partial charge in [-0.1, -0.05) is 164 Å². The fourth-order valence-corrected chi connectivity index (χ4v) is 7.47. The molecule has 2 N–H and O–H groups in total. The van der Waals surface area contributed by atoms with Gasteiger partial charge >= 0.3 is 0 Å². The normalized spacial score (nSPS) is 11.5. The van der Waals surface area contributed by atoms with Crippen LogP contribution in [-0.2, 0) is 6.54 Å². The van der Waals surface area contributed by atoms with Crippen LogP contribution in [0, 0.1) is 0 Å². The summed E-state index contributed by atoms with van der Waals surface area (Å²) in [6.45, 7) is 0.472. The fraction of sp³-hybridized carbons (Fsp3) is 0.0189. The molecular formula is C53H39N3. The minimum atomic E-state index is 0.472. The van der Waals surface area contributed by atoms with E-state index in [1.807, 2.05) is 42.6 Å². The van der Waals surface area contributed by atoms with Crippen molar-refractivity contribution in [2.45, 2.75) is 6.54 Å². The molecule has 0 amide bonds. The van der Waals surface area contributed by atoms with E-state index in [0.717, 1.165) is 67.0 Å². The SMILES string of the molecule is Nc1ccc(-c2ccccc2)cc1C(=NCc1cc(-c2ccc(-c3ccccn3)cc2)cc(-c2ccc(-c3cccc4ccccc34)cc2)c1)c1ccccc1. The standard InChI is InChI=1S/C53H39N3/c54-51-30-29-45(38-12-3-1-4-13-38)35-50(51)53(44-15-5-2-6-16-44)56-36-37-32-46(34-47(33-37)40-23-27-43(28-24-40)52-20-9-10-31-55-52)39-21-25-42(26-22-39)49-19-11-17-41-14-7-8-18-48(41)49/h1-35H,36,54H2. The number of nitrogen functional groups attached to an aromatic ring is 1. The van der Waals surface area contributed by atoms with E-state index >= 15 is 0 Å². The Morgan fingerprint density at radius 2 is 1.04 bits per heavy atom. The highest BCUT2D eigenvalue weighted by Gasteiger charge is 2.14. The summed E-state index contributed by atoms with van der Waals surface area (Å²) in [6, 6.07) is 72.5. The monoisotopic (exact) mass is 717 g/mol. The number of nitrogens with zero attached hydrogens (tertiary/aromatic N) is 2. The Morgan fingerprint density at radius 3 is 1.75 bits per heavy atom. The Hall–Kier alpha value is -7.36. The van der Waals surface area contributed by atoms with Crippen LogP contribution in [0.4, 0.5) is 5.69 Å². The van der Waals surface area contributed by atoms with Gasteiger partial charge in [0, 0.05) is 28.6 Å². The van der Waals surface area contributed by atoms with E-state index in [1.165, 1.54) is 21.9 Å². The van der Waals surface area contributed by atoms with Gasteiger partial charge in [-0.05, 0) is 103 Å². The van der Waals surface area contributed by atoms with Crippen LogP contribution in [-0.4, -0.2) is 10.7 Å². The molecule has 3 heteroatoms. The molecule has 0 spiro atoms. The van der Waals surface area contributed by atoms with E-state index < -0.39 is 0 Å². The average Bonchev–Trinajstić information content (AvgIpc) is 3.28. The van der Waals surface area contributed by atoms with Gasteiger partial charge in [-0.15, -0.1) is 0 Å². The van der Waals surface area contributed by atoms with Crippen LogP contribution < -0.4 is 5.73 Å². The number of benzene rings is 8. The number of rotatable bonds is 9. The minimum Gasteiger partial charge on any atom is -0.398 e. The zero-order valence-corrected chi connectivity index (χ0v) is 30.9. The third-order valence-electron chi connectivity index (χ3n) is 10.4. The van der Waals surface area contributed by atoms with E-state index in [2.05, 4.69) is 175 Å². The van der Waals surface area contributed by atoms with Crippen molar-refractivity contribution in [2.75, 3.05) is 5.73 Å². The molecule has 0 bridgehead atoms. The number of nitrogens with two attached hydrogens (primary N) is 1. The number of pyridine rings is 1. The van der Waals surface area contributed by atoms with Gasteiger partial charge in [0.2, 0.25) is 0 Å². The Bertz CT molecular complexity index is 2790. The van der Waals surface area contributed by atoms with Crippen molar-refractivity contribution >= 4 is 22.2 Å². The lowest BCUT2D eigenvalue weighted by Gasteiger charge is -2.14. The smallest absolute Gasteiger partial charge is 0.0743 e. The summed E-state index contributed by atoms with van der Waals surface area (Å²) in [4.78, 5) is 9.93. The van der Waals surface area contributed by atoms with Crippen LogP contribution in [0.1, 0.15) is 16.7 Å². The predicted octanol–water partition coefficient (Wildman–Crippen LogP) is 13.2. The lowest BCUT2D eigenvalue weighted by molar-refractivity contribution is 1.07. The number of anilines is 1. The lowest BCUT2D eigenvalue weighted by Crippen LogP contribution is -2.08. The second kappa shape index (κ2) is 15.5. The molecule has 0 atom stereocenters. The summed E-state index contributed by atoms with van der Waals surface area (Å²) in [7, 11) is 0. The molecule has 0 aliphatic carbocycles. The van der Waals surface area contributed by atoms with Crippen molar-refractivity contribution in [1.82, 2.24) is 4.98 Å². The van der Waals surface area contributed by atoms with Crippen LogP contribution in [0.25, 0.3) is 66.5 Å². The molecule has 0 radical (unpaired) electrons. The van der Waals surface area contributed by atoms with Gasteiger partial charge in [0.25, 0.3) is 0 Å². The number of fused-ring (bicyclic) bond motifs is 1. The van der Waals surface area contributed by atoms with Crippen molar-refractivity contribution in [2.24, 2.45) is 4.99 Å². The van der Waals surface area contributed by atoms with Gasteiger partial charge in [0.15, 0.2) is 0 Å². The highest BCUT2D eigenvalue weighted by molar-refractivity contribution is 6.16. The average molecular weight is 718 g/mol.